The summed E-state index contributed by atoms with van der Waals surface area (Å²) in [7, 11) is -3.78. The summed E-state index contributed by atoms with van der Waals surface area (Å²) < 4.78 is 33.7. The van der Waals surface area contributed by atoms with Crippen molar-refractivity contribution in [3.63, 3.8) is 0 Å². The van der Waals surface area contributed by atoms with Gasteiger partial charge in [-0.2, -0.15) is 4.31 Å². The van der Waals surface area contributed by atoms with Crippen molar-refractivity contribution < 1.29 is 22.7 Å². The lowest BCUT2D eigenvalue weighted by molar-refractivity contribution is -0.122. The number of carbonyl (C=O) groups excluding carboxylic acids is 2. The van der Waals surface area contributed by atoms with Crippen molar-refractivity contribution in [1.82, 2.24) is 9.21 Å². The number of nitrogens with zero attached hydrogens (tertiary/aromatic N) is 2. The third kappa shape index (κ3) is 4.10. The number of rotatable bonds is 3. The fraction of sp³-hybridized carbons (Fsp3) is 0.391. The number of amides is 2. The van der Waals surface area contributed by atoms with Crippen molar-refractivity contribution in [3.8, 4) is 5.75 Å². The summed E-state index contributed by atoms with van der Waals surface area (Å²) in [5, 5.41) is 2.73. The Morgan fingerprint density at radius 1 is 1.00 bits per heavy atom. The van der Waals surface area contributed by atoms with Gasteiger partial charge in [0.2, 0.25) is 10.0 Å². The molecular formula is C23H27N3O5S. The van der Waals surface area contributed by atoms with E-state index in [0.717, 1.165) is 11.1 Å². The summed E-state index contributed by atoms with van der Waals surface area (Å²) in [4.78, 5) is 26.6. The molecule has 1 atom stereocenters. The minimum absolute atomic E-state index is 0.0862. The molecule has 8 nitrogen and oxygen atoms in total. The van der Waals surface area contributed by atoms with Gasteiger partial charge in [-0.1, -0.05) is 17.2 Å². The van der Waals surface area contributed by atoms with Crippen LogP contribution in [0.2, 0.25) is 0 Å². The van der Waals surface area contributed by atoms with E-state index < -0.39 is 16.1 Å². The molecule has 2 aromatic rings. The minimum atomic E-state index is -3.78. The summed E-state index contributed by atoms with van der Waals surface area (Å²) in [6.45, 7) is 8.26. The highest BCUT2D eigenvalue weighted by molar-refractivity contribution is 7.89. The summed E-state index contributed by atoms with van der Waals surface area (Å²) in [5.41, 5.74) is 3.65. The Bertz CT molecular complexity index is 1180. The zero-order chi connectivity index (χ0) is 23.2. The molecule has 0 radical (unpaired) electrons. The molecule has 0 saturated carbocycles. The average molecular weight is 458 g/mol. The SMILES string of the molecule is Cc1cc(C)cc(C(=O)N2CCN(S(=O)(=O)c3cc4c(cc3C)NC(=O)[C@@H](C)O4)CC2)c1. The van der Waals surface area contributed by atoms with Gasteiger partial charge in [0.15, 0.2) is 6.10 Å². The molecule has 2 aliphatic heterocycles. The van der Waals surface area contributed by atoms with Crippen LogP contribution in [0.4, 0.5) is 5.69 Å². The second-order valence-corrected chi connectivity index (χ2v) is 10.3. The predicted octanol–water partition coefficient (Wildman–Crippen LogP) is 2.48. The maximum absolute atomic E-state index is 13.4. The van der Waals surface area contributed by atoms with Gasteiger partial charge in [-0.25, -0.2) is 8.42 Å². The van der Waals surface area contributed by atoms with E-state index in [4.69, 9.17) is 4.74 Å². The van der Waals surface area contributed by atoms with Crippen molar-refractivity contribution in [2.24, 2.45) is 0 Å². The Morgan fingerprint density at radius 2 is 1.62 bits per heavy atom. The number of piperazine rings is 1. The van der Waals surface area contributed by atoms with Crippen LogP contribution in [0.5, 0.6) is 5.75 Å². The number of nitrogens with one attached hydrogen (secondary N) is 1. The quantitative estimate of drug-likeness (QED) is 0.764. The van der Waals surface area contributed by atoms with E-state index in [2.05, 4.69) is 5.32 Å². The van der Waals surface area contributed by atoms with Crippen molar-refractivity contribution in [2.45, 2.75) is 38.7 Å². The van der Waals surface area contributed by atoms with Crippen molar-refractivity contribution in [1.29, 1.82) is 0 Å². The van der Waals surface area contributed by atoms with Crippen LogP contribution in [0.15, 0.2) is 35.2 Å². The number of fused-ring (bicyclic) bond motifs is 1. The van der Waals surface area contributed by atoms with Gasteiger partial charge >= 0.3 is 0 Å². The van der Waals surface area contributed by atoms with Crippen LogP contribution in [0.25, 0.3) is 0 Å². The Hall–Kier alpha value is -2.91. The molecule has 2 amide bonds. The fourth-order valence-electron chi connectivity index (χ4n) is 4.17. The average Bonchev–Trinajstić information content (AvgIpc) is 2.73. The van der Waals surface area contributed by atoms with Crippen LogP contribution >= 0.6 is 0 Å². The van der Waals surface area contributed by atoms with Crippen LogP contribution < -0.4 is 10.1 Å². The maximum atomic E-state index is 13.4. The largest absolute Gasteiger partial charge is 0.479 e. The zero-order valence-corrected chi connectivity index (χ0v) is 19.5. The Morgan fingerprint density at radius 3 is 2.25 bits per heavy atom. The first-order chi connectivity index (χ1) is 15.1. The highest BCUT2D eigenvalue weighted by Gasteiger charge is 2.33. The smallest absolute Gasteiger partial charge is 0.265 e. The van der Waals surface area contributed by atoms with Gasteiger partial charge in [0.1, 0.15) is 5.75 Å². The first-order valence-electron chi connectivity index (χ1n) is 10.6. The number of hydrogen-bond acceptors (Lipinski definition) is 5. The van der Waals surface area contributed by atoms with Crippen LogP contribution in [0, 0.1) is 20.8 Å². The highest BCUT2D eigenvalue weighted by atomic mass is 32.2. The molecule has 4 rings (SSSR count). The zero-order valence-electron chi connectivity index (χ0n) is 18.6. The van der Waals surface area contributed by atoms with Crippen LogP contribution in [-0.4, -0.2) is 61.7 Å². The molecule has 1 saturated heterocycles. The van der Waals surface area contributed by atoms with Crippen molar-refractivity contribution in [2.75, 3.05) is 31.5 Å². The van der Waals surface area contributed by atoms with Crippen LogP contribution in [0.3, 0.4) is 0 Å². The van der Waals surface area contributed by atoms with E-state index >= 15 is 0 Å². The molecular weight excluding hydrogens is 430 g/mol. The van der Waals surface area contributed by atoms with Crippen LogP contribution in [0.1, 0.15) is 34.0 Å². The molecule has 9 heteroatoms. The molecule has 170 valence electrons. The van der Waals surface area contributed by atoms with E-state index in [9.17, 15) is 18.0 Å². The lowest BCUT2D eigenvalue weighted by Crippen LogP contribution is -2.50. The Labute approximate surface area is 188 Å². The Kier molecular flexibility index (Phi) is 5.72. The molecule has 0 aliphatic carbocycles. The number of aryl methyl sites for hydroxylation is 3. The topological polar surface area (TPSA) is 96.0 Å². The lowest BCUT2D eigenvalue weighted by Gasteiger charge is -2.34. The molecule has 0 aromatic heterocycles. The van der Waals surface area contributed by atoms with Gasteiger partial charge in [-0.15, -0.1) is 0 Å². The standard InChI is InChI=1S/C23H27N3O5S/c1-14-9-15(2)11-18(10-14)23(28)25-5-7-26(8-6-25)32(29,30)21-13-20-19(12-16(21)3)24-22(27)17(4)31-20/h9-13,17H,5-8H2,1-4H3,(H,24,27)/t17-/m1/s1. The van der Waals surface area contributed by atoms with Gasteiger partial charge in [0.05, 0.1) is 10.6 Å². The molecule has 2 aromatic carbocycles. The number of sulfonamides is 1. The second-order valence-electron chi connectivity index (χ2n) is 8.44. The summed E-state index contributed by atoms with van der Waals surface area (Å²) in [5.74, 6) is -0.0149. The molecule has 32 heavy (non-hydrogen) atoms. The van der Waals surface area contributed by atoms with E-state index in [0.29, 0.717) is 35.7 Å². The fourth-order valence-corrected chi connectivity index (χ4v) is 5.82. The highest BCUT2D eigenvalue weighted by Crippen LogP contribution is 2.35. The number of carbonyl (C=O) groups is 2. The minimum Gasteiger partial charge on any atom is -0.479 e. The van der Waals surface area contributed by atoms with Gasteiger partial charge in [-0.3, -0.25) is 9.59 Å². The van der Waals surface area contributed by atoms with E-state index in [-0.39, 0.29) is 29.8 Å². The van der Waals surface area contributed by atoms with E-state index in [1.54, 1.807) is 24.8 Å². The third-order valence-corrected chi connectivity index (χ3v) is 7.86. The van der Waals surface area contributed by atoms with E-state index in [1.165, 1.54) is 10.4 Å². The monoisotopic (exact) mass is 457 g/mol. The normalized spacial score (nSPS) is 19.2. The molecule has 1 N–H and O–H groups in total. The molecule has 2 aliphatic rings. The molecule has 1 fully saturated rings. The number of hydrogen-bond donors (Lipinski definition) is 1. The van der Waals surface area contributed by atoms with Gasteiger partial charge in [0.25, 0.3) is 11.8 Å². The molecule has 0 spiro atoms. The number of anilines is 1. The second kappa shape index (κ2) is 8.22. The first kappa shape index (κ1) is 22.3. The van der Waals surface area contributed by atoms with E-state index in [1.807, 2.05) is 32.0 Å². The molecule has 0 bridgehead atoms. The van der Waals surface area contributed by atoms with Crippen molar-refractivity contribution in [3.05, 3.63) is 52.6 Å². The molecule has 0 unspecified atom stereocenters. The maximum Gasteiger partial charge on any atom is 0.265 e. The van der Waals surface area contributed by atoms with Crippen LogP contribution in [-0.2, 0) is 14.8 Å². The number of benzene rings is 2. The van der Waals surface area contributed by atoms with Gasteiger partial charge in [0, 0.05) is 37.8 Å². The lowest BCUT2D eigenvalue weighted by atomic mass is 10.1. The molecule has 2 heterocycles. The third-order valence-electron chi connectivity index (χ3n) is 5.82. The van der Waals surface area contributed by atoms with Gasteiger partial charge < -0.3 is 15.0 Å². The van der Waals surface area contributed by atoms with Crippen molar-refractivity contribution >= 4 is 27.5 Å². The summed E-state index contributed by atoms with van der Waals surface area (Å²) in [6, 6.07) is 8.82. The number of ether oxygens (including phenoxy) is 1. The van der Waals surface area contributed by atoms with Gasteiger partial charge in [-0.05, 0) is 51.5 Å². The first-order valence-corrected chi connectivity index (χ1v) is 12.0. The summed E-state index contributed by atoms with van der Waals surface area (Å²) in [6.07, 6.45) is -0.694. The summed E-state index contributed by atoms with van der Waals surface area (Å²) >= 11 is 0. The Balaban J connectivity index is 1.51. The predicted molar refractivity (Wildman–Crippen MR) is 120 cm³/mol.